The van der Waals surface area contributed by atoms with Crippen molar-refractivity contribution >= 4 is 0 Å². The van der Waals surface area contributed by atoms with E-state index in [1.807, 2.05) is 6.07 Å². The van der Waals surface area contributed by atoms with Gasteiger partial charge >= 0.3 is 0 Å². The largest absolute Gasteiger partial charge is 0.320 e. The first-order valence-corrected chi connectivity index (χ1v) is 4.55. The molecule has 0 aromatic heterocycles. The second-order valence-electron chi connectivity index (χ2n) is 3.07. The smallest absolute Gasteiger partial charge is 0.0551 e. The molecule has 0 heterocycles. The summed E-state index contributed by atoms with van der Waals surface area (Å²) in [6, 6.07) is 10.4. The maximum Gasteiger partial charge on any atom is 0.0551 e. The molecular weight excluding hydrogens is 158 g/mol. The van der Waals surface area contributed by atoms with Crippen molar-refractivity contribution in [1.82, 2.24) is 0 Å². The summed E-state index contributed by atoms with van der Waals surface area (Å²) in [4.78, 5) is 0. The summed E-state index contributed by atoms with van der Waals surface area (Å²) in [5, 5.41) is 0. The van der Waals surface area contributed by atoms with E-state index in [1.54, 1.807) is 0 Å². The summed E-state index contributed by atoms with van der Waals surface area (Å²) in [5.41, 5.74) is 6.62. The van der Waals surface area contributed by atoms with Crippen LogP contribution in [0.3, 0.4) is 0 Å². The van der Waals surface area contributed by atoms with Crippen LogP contribution in [-0.4, -0.2) is 6.54 Å². The molecule has 0 aliphatic rings. The van der Waals surface area contributed by atoms with Crippen molar-refractivity contribution in [2.45, 2.75) is 19.3 Å². The van der Waals surface area contributed by atoms with Gasteiger partial charge in [0.05, 0.1) is 6.54 Å². The molecule has 0 amide bonds. The van der Waals surface area contributed by atoms with Gasteiger partial charge in [-0.1, -0.05) is 43.2 Å². The van der Waals surface area contributed by atoms with Crippen LogP contribution in [-0.2, 0) is 0 Å². The first kappa shape index (κ1) is 9.83. The van der Waals surface area contributed by atoms with E-state index in [2.05, 4.69) is 43.0 Å². The Morgan fingerprint density at radius 3 is 2.54 bits per heavy atom. The number of rotatable bonds is 2. The van der Waals surface area contributed by atoms with Crippen molar-refractivity contribution in [3.8, 4) is 11.8 Å². The van der Waals surface area contributed by atoms with Gasteiger partial charge in [-0.2, -0.15) is 0 Å². The van der Waals surface area contributed by atoms with E-state index in [0.29, 0.717) is 12.5 Å². The molecule has 13 heavy (non-hydrogen) atoms. The van der Waals surface area contributed by atoms with Crippen LogP contribution in [0.4, 0.5) is 0 Å². The minimum atomic E-state index is 0.460. The minimum Gasteiger partial charge on any atom is -0.320 e. The first-order chi connectivity index (χ1) is 6.34. The van der Waals surface area contributed by atoms with Crippen LogP contribution in [0.5, 0.6) is 0 Å². The molecular formula is C12H15N. The lowest BCUT2D eigenvalue weighted by Crippen LogP contribution is -1.94. The lowest BCUT2D eigenvalue weighted by atomic mass is 9.98. The molecule has 1 unspecified atom stereocenters. The van der Waals surface area contributed by atoms with Crippen LogP contribution in [0.1, 0.15) is 24.8 Å². The Morgan fingerprint density at radius 2 is 1.92 bits per heavy atom. The van der Waals surface area contributed by atoms with Crippen LogP contribution in [0, 0.1) is 11.8 Å². The second-order valence-corrected chi connectivity index (χ2v) is 3.07. The normalized spacial score (nSPS) is 11.5. The standard InChI is InChI=1S/C12H15N/c1-11(7-5-6-10-13)12-8-3-2-4-9-12/h2-4,8-9,11H,7,10,13H2,1H3. The summed E-state index contributed by atoms with van der Waals surface area (Å²) in [6.07, 6.45) is 0.890. The number of benzene rings is 1. The molecule has 1 aromatic carbocycles. The average Bonchev–Trinajstić information content (AvgIpc) is 2.19. The monoisotopic (exact) mass is 173 g/mol. The molecule has 0 saturated heterocycles. The van der Waals surface area contributed by atoms with E-state index in [4.69, 9.17) is 5.73 Å². The fourth-order valence-electron chi connectivity index (χ4n) is 1.20. The van der Waals surface area contributed by atoms with Crippen molar-refractivity contribution in [1.29, 1.82) is 0 Å². The third-order valence-electron chi connectivity index (χ3n) is 2.00. The van der Waals surface area contributed by atoms with Crippen molar-refractivity contribution in [2.75, 3.05) is 6.54 Å². The zero-order valence-corrected chi connectivity index (χ0v) is 7.96. The van der Waals surface area contributed by atoms with Gasteiger partial charge in [0, 0.05) is 6.42 Å². The Hall–Kier alpha value is -1.26. The molecule has 0 fully saturated rings. The highest BCUT2D eigenvalue weighted by Gasteiger charge is 2.01. The van der Waals surface area contributed by atoms with Crippen LogP contribution in [0.15, 0.2) is 30.3 Å². The van der Waals surface area contributed by atoms with Crippen molar-refractivity contribution in [3.63, 3.8) is 0 Å². The quantitative estimate of drug-likeness (QED) is 0.681. The maximum atomic E-state index is 5.28. The third kappa shape index (κ3) is 3.31. The van der Waals surface area contributed by atoms with Gasteiger partial charge < -0.3 is 5.73 Å². The number of nitrogens with two attached hydrogens (primary N) is 1. The summed E-state index contributed by atoms with van der Waals surface area (Å²) in [5.74, 6) is 6.44. The molecule has 0 saturated carbocycles. The van der Waals surface area contributed by atoms with Gasteiger partial charge in [0.1, 0.15) is 0 Å². The van der Waals surface area contributed by atoms with Gasteiger partial charge in [0.15, 0.2) is 0 Å². The maximum absolute atomic E-state index is 5.28. The molecule has 0 aliphatic carbocycles. The molecule has 1 heteroatoms. The van der Waals surface area contributed by atoms with Gasteiger partial charge in [0.25, 0.3) is 0 Å². The zero-order chi connectivity index (χ0) is 9.52. The van der Waals surface area contributed by atoms with Crippen molar-refractivity contribution < 1.29 is 0 Å². The van der Waals surface area contributed by atoms with Crippen molar-refractivity contribution in [2.24, 2.45) is 5.73 Å². The molecule has 1 rings (SSSR count). The molecule has 68 valence electrons. The predicted molar refractivity (Wildman–Crippen MR) is 56.3 cm³/mol. The van der Waals surface area contributed by atoms with Crippen LogP contribution >= 0.6 is 0 Å². The lowest BCUT2D eigenvalue weighted by Gasteiger charge is -2.06. The van der Waals surface area contributed by atoms with Crippen LogP contribution in [0.25, 0.3) is 0 Å². The van der Waals surface area contributed by atoms with Crippen molar-refractivity contribution in [3.05, 3.63) is 35.9 Å². The fraction of sp³-hybridized carbons (Fsp3) is 0.333. The molecule has 1 aromatic rings. The molecule has 1 nitrogen and oxygen atoms in total. The summed E-state index contributed by atoms with van der Waals surface area (Å²) in [6.45, 7) is 2.64. The first-order valence-electron chi connectivity index (χ1n) is 4.55. The molecule has 2 N–H and O–H groups in total. The van der Waals surface area contributed by atoms with E-state index in [1.165, 1.54) is 5.56 Å². The summed E-state index contributed by atoms with van der Waals surface area (Å²) >= 11 is 0. The van der Waals surface area contributed by atoms with Gasteiger partial charge in [-0.3, -0.25) is 0 Å². The van der Waals surface area contributed by atoms with E-state index in [-0.39, 0.29) is 0 Å². The zero-order valence-electron chi connectivity index (χ0n) is 7.96. The molecule has 1 atom stereocenters. The Balaban J connectivity index is 2.54. The molecule has 0 spiro atoms. The predicted octanol–water partition coefficient (Wildman–Crippen LogP) is 2.14. The van der Waals surface area contributed by atoms with Gasteiger partial charge in [0.2, 0.25) is 0 Å². The number of hydrogen-bond acceptors (Lipinski definition) is 1. The van der Waals surface area contributed by atoms with E-state index >= 15 is 0 Å². The number of hydrogen-bond donors (Lipinski definition) is 1. The van der Waals surface area contributed by atoms with Gasteiger partial charge in [-0.05, 0) is 11.5 Å². The van der Waals surface area contributed by atoms with E-state index in [9.17, 15) is 0 Å². The lowest BCUT2D eigenvalue weighted by molar-refractivity contribution is 0.795. The third-order valence-corrected chi connectivity index (χ3v) is 2.00. The Morgan fingerprint density at radius 1 is 1.23 bits per heavy atom. The van der Waals surface area contributed by atoms with Crippen LogP contribution in [0.2, 0.25) is 0 Å². The summed E-state index contributed by atoms with van der Waals surface area (Å²) in [7, 11) is 0. The topological polar surface area (TPSA) is 26.0 Å². The Bertz CT molecular complexity index is 292. The fourth-order valence-corrected chi connectivity index (χ4v) is 1.20. The summed E-state index contributed by atoms with van der Waals surface area (Å²) < 4.78 is 0. The molecule has 0 bridgehead atoms. The SMILES string of the molecule is CC(CC#CCN)c1ccccc1. The van der Waals surface area contributed by atoms with Crippen LogP contribution < -0.4 is 5.73 Å². The molecule has 0 aliphatic heterocycles. The highest BCUT2D eigenvalue weighted by molar-refractivity contribution is 5.20. The molecule has 0 radical (unpaired) electrons. The van der Waals surface area contributed by atoms with Gasteiger partial charge in [-0.15, -0.1) is 5.92 Å². The Kier molecular flexibility index (Phi) is 4.08. The Labute approximate surface area is 80.0 Å². The highest BCUT2D eigenvalue weighted by Crippen LogP contribution is 2.17. The second kappa shape index (κ2) is 5.40. The minimum absolute atomic E-state index is 0.460. The highest BCUT2D eigenvalue weighted by atomic mass is 14.5. The van der Waals surface area contributed by atoms with Gasteiger partial charge in [-0.25, -0.2) is 0 Å². The average molecular weight is 173 g/mol. The van der Waals surface area contributed by atoms with E-state index in [0.717, 1.165) is 6.42 Å². The van der Waals surface area contributed by atoms with E-state index < -0.39 is 0 Å².